The average Bonchev–Trinajstić information content (AvgIpc) is 2.76. The van der Waals surface area contributed by atoms with Crippen molar-refractivity contribution in [3.05, 3.63) is 76.8 Å². The molecule has 0 aromatic heterocycles. The number of halogens is 2. The van der Waals surface area contributed by atoms with Gasteiger partial charge in [0.2, 0.25) is 15.9 Å². The lowest BCUT2D eigenvalue weighted by Gasteiger charge is -2.18. The highest BCUT2D eigenvalue weighted by molar-refractivity contribution is 7.89. The molecule has 0 bridgehead atoms. The monoisotopic (exact) mass is 494 g/mol. The number of anilines is 1. The molecule has 10 heteroatoms. The van der Waals surface area contributed by atoms with E-state index in [0.717, 1.165) is 0 Å². The maximum absolute atomic E-state index is 12.8. The summed E-state index contributed by atoms with van der Waals surface area (Å²) in [5, 5.41) is 3.24. The largest absolute Gasteiger partial charge is 0.495 e. The SMILES string of the molecule is COc1ccc(Cl)cc1S(=O)(=O)N[C@@H](C)C(=O)Nc1cc(Cl)ccc1Oc1ccccc1. The van der Waals surface area contributed by atoms with E-state index in [2.05, 4.69) is 10.0 Å². The highest BCUT2D eigenvalue weighted by Gasteiger charge is 2.26. The molecule has 0 aliphatic carbocycles. The zero-order chi connectivity index (χ0) is 23.3. The fourth-order valence-electron chi connectivity index (χ4n) is 2.76. The van der Waals surface area contributed by atoms with Crippen LogP contribution in [0.3, 0.4) is 0 Å². The van der Waals surface area contributed by atoms with Crippen molar-refractivity contribution in [1.29, 1.82) is 0 Å². The maximum Gasteiger partial charge on any atom is 0.245 e. The lowest BCUT2D eigenvalue weighted by molar-refractivity contribution is -0.117. The zero-order valence-corrected chi connectivity index (χ0v) is 19.5. The van der Waals surface area contributed by atoms with E-state index in [-0.39, 0.29) is 21.4 Å². The summed E-state index contributed by atoms with van der Waals surface area (Å²) in [5.41, 5.74) is 0.290. The van der Waals surface area contributed by atoms with Crippen LogP contribution in [0.1, 0.15) is 6.92 Å². The van der Waals surface area contributed by atoms with Gasteiger partial charge in [-0.3, -0.25) is 4.79 Å². The van der Waals surface area contributed by atoms with Crippen LogP contribution in [0.4, 0.5) is 5.69 Å². The van der Waals surface area contributed by atoms with Gasteiger partial charge in [-0.1, -0.05) is 41.4 Å². The van der Waals surface area contributed by atoms with Gasteiger partial charge in [-0.15, -0.1) is 0 Å². The molecule has 1 amide bonds. The van der Waals surface area contributed by atoms with Gasteiger partial charge in [-0.25, -0.2) is 8.42 Å². The van der Waals surface area contributed by atoms with Crippen LogP contribution in [0.15, 0.2) is 71.6 Å². The maximum atomic E-state index is 12.8. The first kappa shape index (κ1) is 23.9. The van der Waals surface area contributed by atoms with Gasteiger partial charge in [0.25, 0.3) is 0 Å². The molecule has 3 aromatic carbocycles. The van der Waals surface area contributed by atoms with E-state index in [4.69, 9.17) is 32.7 Å². The first-order valence-electron chi connectivity index (χ1n) is 9.39. The van der Waals surface area contributed by atoms with Crippen molar-refractivity contribution in [3.63, 3.8) is 0 Å². The molecule has 0 saturated heterocycles. The molecule has 1 atom stereocenters. The molecule has 3 rings (SSSR count). The third kappa shape index (κ3) is 5.92. The van der Waals surface area contributed by atoms with Gasteiger partial charge in [0, 0.05) is 10.0 Å². The normalized spacial score (nSPS) is 12.1. The van der Waals surface area contributed by atoms with Gasteiger partial charge in [0.15, 0.2) is 5.75 Å². The van der Waals surface area contributed by atoms with E-state index in [0.29, 0.717) is 16.5 Å². The van der Waals surface area contributed by atoms with E-state index >= 15 is 0 Å². The van der Waals surface area contributed by atoms with Crippen LogP contribution in [0, 0.1) is 0 Å². The van der Waals surface area contributed by atoms with E-state index in [1.807, 2.05) is 18.2 Å². The summed E-state index contributed by atoms with van der Waals surface area (Å²) in [6.07, 6.45) is 0. The Bertz CT molecular complexity index is 1220. The average molecular weight is 495 g/mol. The summed E-state index contributed by atoms with van der Waals surface area (Å²) in [6, 6.07) is 16.8. The second kappa shape index (κ2) is 10.2. The van der Waals surface area contributed by atoms with Crippen molar-refractivity contribution in [2.45, 2.75) is 17.9 Å². The van der Waals surface area contributed by atoms with Crippen LogP contribution in [0.5, 0.6) is 17.2 Å². The molecule has 0 aliphatic heterocycles. The lowest BCUT2D eigenvalue weighted by Crippen LogP contribution is -2.41. The number of carbonyl (C=O) groups excluding carboxylic acids is 1. The third-order valence-corrected chi connectivity index (χ3v) is 6.34. The Kier molecular flexibility index (Phi) is 7.63. The number of methoxy groups -OCH3 is 1. The molecule has 0 saturated carbocycles. The molecule has 3 aromatic rings. The molecule has 0 aliphatic rings. The Morgan fingerprint density at radius 2 is 1.56 bits per heavy atom. The second-order valence-electron chi connectivity index (χ2n) is 6.68. The number of amides is 1. The number of sulfonamides is 1. The van der Waals surface area contributed by atoms with Gasteiger partial charge in [-0.2, -0.15) is 4.72 Å². The fourth-order valence-corrected chi connectivity index (χ4v) is 4.56. The van der Waals surface area contributed by atoms with Crippen molar-refractivity contribution in [3.8, 4) is 17.2 Å². The first-order valence-corrected chi connectivity index (χ1v) is 11.6. The summed E-state index contributed by atoms with van der Waals surface area (Å²) >= 11 is 12.0. The molecular weight excluding hydrogens is 475 g/mol. The van der Waals surface area contributed by atoms with Gasteiger partial charge in [0.05, 0.1) is 18.8 Å². The van der Waals surface area contributed by atoms with Gasteiger partial charge in [-0.05, 0) is 55.5 Å². The van der Waals surface area contributed by atoms with E-state index in [1.54, 1.807) is 24.3 Å². The third-order valence-electron chi connectivity index (χ3n) is 4.31. The van der Waals surface area contributed by atoms with Crippen molar-refractivity contribution in [2.75, 3.05) is 12.4 Å². The number of rotatable bonds is 8. The summed E-state index contributed by atoms with van der Waals surface area (Å²) < 4.78 is 38.9. The van der Waals surface area contributed by atoms with Crippen molar-refractivity contribution >= 4 is 44.8 Å². The molecule has 2 N–H and O–H groups in total. The summed E-state index contributed by atoms with van der Waals surface area (Å²) in [4.78, 5) is 12.6. The van der Waals surface area contributed by atoms with Crippen LogP contribution in [0.2, 0.25) is 10.0 Å². The number of ether oxygens (including phenoxy) is 2. The lowest BCUT2D eigenvalue weighted by atomic mass is 10.2. The molecule has 7 nitrogen and oxygen atoms in total. The number of hydrogen-bond acceptors (Lipinski definition) is 5. The predicted octanol–water partition coefficient (Wildman–Crippen LogP) is 5.10. The Balaban J connectivity index is 1.79. The summed E-state index contributed by atoms with van der Waals surface area (Å²) in [7, 11) is -2.77. The number of para-hydroxylation sites is 1. The van der Waals surface area contributed by atoms with Crippen molar-refractivity contribution in [2.24, 2.45) is 0 Å². The number of nitrogens with one attached hydrogen (secondary N) is 2. The number of hydrogen-bond donors (Lipinski definition) is 2. The fraction of sp³-hybridized carbons (Fsp3) is 0.136. The molecule has 32 heavy (non-hydrogen) atoms. The molecule has 0 fully saturated rings. The molecule has 0 spiro atoms. The quantitative estimate of drug-likeness (QED) is 0.454. The minimum Gasteiger partial charge on any atom is -0.495 e. The topological polar surface area (TPSA) is 93.7 Å². The van der Waals surface area contributed by atoms with Crippen LogP contribution < -0.4 is 19.5 Å². The van der Waals surface area contributed by atoms with Gasteiger partial charge >= 0.3 is 0 Å². The van der Waals surface area contributed by atoms with Crippen molar-refractivity contribution in [1.82, 2.24) is 4.72 Å². The number of benzene rings is 3. The van der Waals surface area contributed by atoms with Crippen LogP contribution in [0.25, 0.3) is 0 Å². The molecule has 0 heterocycles. The van der Waals surface area contributed by atoms with Gasteiger partial charge < -0.3 is 14.8 Å². The predicted molar refractivity (Wildman–Crippen MR) is 124 cm³/mol. The minimum absolute atomic E-state index is 0.0999. The second-order valence-corrected chi connectivity index (χ2v) is 9.24. The van der Waals surface area contributed by atoms with Gasteiger partial charge in [0.1, 0.15) is 16.4 Å². The summed E-state index contributed by atoms with van der Waals surface area (Å²) in [5.74, 6) is 0.394. The Morgan fingerprint density at radius 1 is 0.938 bits per heavy atom. The smallest absolute Gasteiger partial charge is 0.245 e. The Hall–Kier alpha value is -2.78. The Labute approximate surface area is 196 Å². The van der Waals surface area contributed by atoms with Crippen LogP contribution in [-0.2, 0) is 14.8 Å². The molecule has 0 unspecified atom stereocenters. The van der Waals surface area contributed by atoms with Crippen molar-refractivity contribution < 1.29 is 22.7 Å². The van der Waals surface area contributed by atoms with E-state index in [1.165, 1.54) is 38.3 Å². The highest BCUT2D eigenvalue weighted by atomic mass is 35.5. The first-order chi connectivity index (χ1) is 15.2. The van der Waals surface area contributed by atoms with Crippen LogP contribution in [-0.4, -0.2) is 27.5 Å². The summed E-state index contributed by atoms with van der Waals surface area (Å²) in [6.45, 7) is 1.41. The highest BCUT2D eigenvalue weighted by Crippen LogP contribution is 2.32. The van der Waals surface area contributed by atoms with E-state index < -0.39 is 22.0 Å². The molecule has 168 valence electrons. The molecular formula is C22H20Cl2N2O5S. The van der Waals surface area contributed by atoms with Crippen LogP contribution >= 0.6 is 23.2 Å². The Morgan fingerprint density at radius 3 is 2.22 bits per heavy atom. The standard InChI is InChI=1S/C22H20Cl2N2O5S/c1-14(26-32(28,29)21-13-16(24)9-11-20(21)30-2)22(27)25-18-12-15(23)8-10-19(18)31-17-6-4-3-5-7-17/h3-14,26H,1-2H3,(H,25,27)/t14-/m0/s1. The zero-order valence-electron chi connectivity index (χ0n) is 17.1. The minimum atomic E-state index is -4.11. The van der Waals surface area contributed by atoms with E-state index in [9.17, 15) is 13.2 Å². The molecule has 0 radical (unpaired) electrons. The number of carbonyl (C=O) groups is 1.